The number of hydrogen-bond donors (Lipinski definition) is 4. The van der Waals surface area contributed by atoms with Crippen LogP contribution in [0.4, 0.5) is 27.9 Å². The molecule has 4 rings (SSSR count). The van der Waals surface area contributed by atoms with Gasteiger partial charge in [0.1, 0.15) is 0 Å². The van der Waals surface area contributed by atoms with Crippen LogP contribution in [0.3, 0.4) is 0 Å². The second kappa shape index (κ2) is 10.8. The van der Waals surface area contributed by atoms with E-state index in [1.54, 1.807) is 12.1 Å². The van der Waals surface area contributed by atoms with Crippen LogP contribution in [0.25, 0.3) is 0 Å². The van der Waals surface area contributed by atoms with Crippen molar-refractivity contribution in [3.63, 3.8) is 0 Å². The maximum absolute atomic E-state index is 14.2. The fourth-order valence-corrected chi connectivity index (χ4v) is 4.55. The van der Waals surface area contributed by atoms with Crippen LogP contribution in [0, 0.1) is 5.82 Å². The van der Waals surface area contributed by atoms with Crippen LogP contribution >= 0.6 is 0 Å². The highest BCUT2D eigenvalue weighted by atomic mass is 19.1. The number of ether oxygens (including phenoxy) is 1. The second-order valence-corrected chi connectivity index (χ2v) is 8.81. The van der Waals surface area contributed by atoms with Gasteiger partial charge in [0, 0.05) is 29.9 Å². The summed E-state index contributed by atoms with van der Waals surface area (Å²) < 4.78 is 19.2. The van der Waals surface area contributed by atoms with Crippen LogP contribution in [-0.2, 0) is 0 Å². The van der Waals surface area contributed by atoms with Gasteiger partial charge in [0.05, 0.1) is 7.11 Å². The van der Waals surface area contributed by atoms with Crippen molar-refractivity contribution in [1.82, 2.24) is 15.0 Å². The molecule has 8 nitrogen and oxygen atoms in total. The summed E-state index contributed by atoms with van der Waals surface area (Å²) in [6, 6.07) is 5.22. The number of halogens is 1. The molecule has 1 aromatic carbocycles. The largest absolute Gasteiger partial charge is 0.494 e. The smallest absolute Gasteiger partial charge is 0.233 e. The van der Waals surface area contributed by atoms with Gasteiger partial charge in [-0.15, -0.1) is 0 Å². The first kappa shape index (κ1) is 22.5. The maximum atomic E-state index is 14.2. The van der Waals surface area contributed by atoms with Crippen molar-refractivity contribution in [2.24, 2.45) is 5.73 Å². The zero-order chi connectivity index (χ0) is 22.3. The molecule has 0 radical (unpaired) electrons. The van der Waals surface area contributed by atoms with Gasteiger partial charge in [-0.3, -0.25) is 0 Å². The SMILES string of the molecule is COc1ccc(Nc2nc(NC3CCCCCC3)nc(NC3CCCCC3N)n2)cc1F. The zero-order valence-corrected chi connectivity index (χ0v) is 18.7. The minimum absolute atomic E-state index is 0.0749. The predicted octanol–water partition coefficient (Wildman–Crippen LogP) is 4.58. The minimum atomic E-state index is -0.449. The van der Waals surface area contributed by atoms with E-state index >= 15 is 0 Å². The molecule has 0 aliphatic heterocycles. The lowest BCUT2D eigenvalue weighted by atomic mass is 9.91. The van der Waals surface area contributed by atoms with Gasteiger partial charge >= 0.3 is 0 Å². The van der Waals surface area contributed by atoms with Crippen molar-refractivity contribution >= 4 is 23.5 Å². The average Bonchev–Trinajstić information content (AvgIpc) is 3.04. The first-order valence-corrected chi connectivity index (χ1v) is 11.8. The lowest BCUT2D eigenvalue weighted by molar-refractivity contribution is 0.386. The third kappa shape index (κ3) is 5.97. The Kier molecular flexibility index (Phi) is 7.57. The van der Waals surface area contributed by atoms with Crippen molar-refractivity contribution in [2.75, 3.05) is 23.1 Å². The van der Waals surface area contributed by atoms with Crippen molar-refractivity contribution in [3.05, 3.63) is 24.0 Å². The first-order chi connectivity index (χ1) is 15.6. The molecule has 2 atom stereocenters. The van der Waals surface area contributed by atoms with E-state index in [0.29, 0.717) is 29.6 Å². The van der Waals surface area contributed by atoms with Crippen LogP contribution < -0.4 is 26.4 Å². The normalized spacial score (nSPS) is 22.1. The van der Waals surface area contributed by atoms with Crippen LogP contribution in [-0.4, -0.2) is 40.2 Å². The molecule has 0 spiro atoms. The monoisotopic (exact) mass is 443 g/mol. The Morgan fingerprint density at radius 1 is 0.875 bits per heavy atom. The molecule has 5 N–H and O–H groups in total. The van der Waals surface area contributed by atoms with Gasteiger partial charge in [0.2, 0.25) is 17.8 Å². The van der Waals surface area contributed by atoms with Crippen LogP contribution in [0.1, 0.15) is 64.2 Å². The average molecular weight is 444 g/mol. The summed E-state index contributed by atoms with van der Waals surface area (Å²) in [6.07, 6.45) is 11.5. The van der Waals surface area contributed by atoms with E-state index < -0.39 is 5.82 Å². The van der Waals surface area contributed by atoms with Crippen molar-refractivity contribution in [3.8, 4) is 5.75 Å². The lowest BCUT2D eigenvalue weighted by Crippen LogP contribution is -2.43. The number of aromatic nitrogens is 3. The van der Waals surface area contributed by atoms with Gasteiger partial charge in [0.15, 0.2) is 11.6 Å². The van der Waals surface area contributed by atoms with Gasteiger partial charge in [-0.2, -0.15) is 15.0 Å². The molecule has 9 heteroatoms. The van der Waals surface area contributed by atoms with E-state index in [1.165, 1.54) is 38.9 Å². The molecule has 2 aromatic rings. The van der Waals surface area contributed by atoms with Crippen molar-refractivity contribution in [2.45, 2.75) is 82.3 Å². The van der Waals surface area contributed by atoms with Gasteiger partial charge in [-0.25, -0.2) is 4.39 Å². The molecular weight excluding hydrogens is 409 g/mol. The van der Waals surface area contributed by atoms with Gasteiger partial charge in [-0.05, 0) is 37.8 Å². The van der Waals surface area contributed by atoms with Crippen LogP contribution in [0.15, 0.2) is 18.2 Å². The molecule has 2 aliphatic rings. The predicted molar refractivity (Wildman–Crippen MR) is 125 cm³/mol. The molecule has 1 heterocycles. The van der Waals surface area contributed by atoms with Gasteiger partial charge in [0.25, 0.3) is 0 Å². The Bertz CT molecular complexity index is 889. The maximum Gasteiger partial charge on any atom is 0.233 e. The summed E-state index contributed by atoms with van der Waals surface area (Å²) in [4.78, 5) is 13.8. The third-order valence-electron chi connectivity index (χ3n) is 6.37. The van der Waals surface area contributed by atoms with E-state index in [1.807, 2.05) is 0 Å². The molecule has 174 valence electrons. The number of nitrogens with zero attached hydrogens (tertiary/aromatic N) is 3. The number of rotatable bonds is 7. The molecule has 1 aromatic heterocycles. The Morgan fingerprint density at radius 3 is 2.22 bits per heavy atom. The van der Waals surface area contributed by atoms with Gasteiger partial charge in [-0.1, -0.05) is 38.5 Å². The zero-order valence-electron chi connectivity index (χ0n) is 18.7. The van der Waals surface area contributed by atoms with Crippen LogP contribution in [0.2, 0.25) is 0 Å². The summed E-state index contributed by atoms with van der Waals surface area (Å²) in [7, 11) is 1.44. The van der Waals surface area contributed by atoms with Crippen molar-refractivity contribution < 1.29 is 9.13 Å². The number of nitrogens with one attached hydrogen (secondary N) is 3. The number of anilines is 4. The summed E-state index contributed by atoms with van der Waals surface area (Å²) >= 11 is 0. The molecule has 0 bridgehead atoms. The minimum Gasteiger partial charge on any atom is -0.494 e. The lowest BCUT2D eigenvalue weighted by Gasteiger charge is -2.29. The third-order valence-corrected chi connectivity index (χ3v) is 6.37. The highest BCUT2D eigenvalue weighted by molar-refractivity contribution is 5.57. The number of nitrogens with two attached hydrogens (primary N) is 1. The molecule has 32 heavy (non-hydrogen) atoms. The number of hydrogen-bond acceptors (Lipinski definition) is 8. The highest BCUT2D eigenvalue weighted by Crippen LogP contribution is 2.25. The number of methoxy groups -OCH3 is 1. The number of benzene rings is 1. The van der Waals surface area contributed by atoms with E-state index in [2.05, 4.69) is 30.9 Å². The Labute approximate surface area is 189 Å². The first-order valence-electron chi connectivity index (χ1n) is 11.8. The molecule has 0 saturated heterocycles. The van der Waals surface area contributed by atoms with Crippen LogP contribution in [0.5, 0.6) is 5.75 Å². The van der Waals surface area contributed by atoms with E-state index in [0.717, 1.165) is 38.5 Å². The fraction of sp³-hybridized carbons (Fsp3) is 0.609. The van der Waals surface area contributed by atoms with E-state index in [4.69, 9.17) is 10.5 Å². The van der Waals surface area contributed by atoms with E-state index in [-0.39, 0.29) is 17.8 Å². The molecule has 2 fully saturated rings. The summed E-state index contributed by atoms with van der Waals surface area (Å²) in [6.45, 7) is 0. The molecule has 2 saturated carbocycles. The Balaban J connectivity index is 1.56. The fourth-order valence-electron chi connectivity index (χ4n) is 4.55. The van der Waals surface area contributed by atoms with Crippen molar-refractivity contribution in [1.29, 1.82) is 0 Å². The summed E-state index contributed by atoms with van der Waals surface area (Å²) in [5.41, 5.74) is 6.86. The van der Waals surface area contributed by atoms with E-state index in [9.17, 15) is 4.39 Å². The Hall–Kier alpha value is -2.68. The molecular formula is C23H34FN7O. The second-order valence-electron chi connectivity index (χ2n) is 8.81. The quantitative estimate of drug-likeness (QED) is 0.460. The summed E-state index contributed by atoms with van der Waals surface area (Å²) in [5, 5.41) is 10.0. The summed E-state index contributed by atoms with van der Waals surface area (Å²) in [5.74, 6) is 1.10. The molecule has 2 unspecified atom stereocenters. The Morgan fingerprint density at radius 2 is 1.53 bits per heavy atom. The standard InChI is InChI=1S/C23H34FN7O/c1-32-20-13-12-16(14-17(20)24)27-22-29-21(26-15-8-4-2-3-5-9-15)30-23(31-22)28-19-11-7-6-10-18(19)25/h12-15,18-19H,2-11,25H2,1H3,(H3,26,27,28,29,30,31). The topological polar surface area (TPSA) is 110 Å². The molecule has 2 aliphatic carbocycles. The highest BCUT2D eigenvalue weighted by Gasteiger charge is 2.23. The van der Waals surface area contributed by atoms with Gasteiger partial charge < -0.3 is 26.4 Å². The molecule has 0 amide bonds.